The molecule has 3 aromatic rings. The molecule has 0 saturated heterocycles. The number of aliphatic hydroxyl groups is 1. The van der Waals surface area contributed by atoms with Crippen molar-refractivity contribution in [3.8, 4) is 0 Å². The highest BCUT2D eigenvalue weighted by Crippen LogP contribution is 2.31. The first-order chi connectivity index (χ1) is 13.7. The van der Waals surface area contributed by atoms with Crippen LogP contribution in [-0.2, 0) is 19.6 Å². The van der Waals surface area contributed by atoms with E-state index >= 15 is 0 Å². The van der Waals surface area contributed by atoms with Gasteiger partial charge in [-0.1, -0.05) is 50.2 Å². The molecule has 29 heavy (non-hydrogen) atoms. The number of rotatable bonds is 7. The lowest BCUT2D eigenvalue weighted by Crippen LogP contribution is -2.27. The number of ether oxygens (including phenoxy) is 1. The lowest BCUT2D eigenvalue weighted by atomic mass is 9.96. The van der Waals surface area contributed by atoms with Crippen molar-refractivity contribution in [1.82, 2.24) is 3.97 Å². The Bertz CT molecular complexity index is 1120. The smallest absolute Gasteiger partial charge is 0.313 e. The maximum absolute atomic E-state index is 13.2. The Morgan fingerprint density at radius 3 is 2.38 bits per heavy atom. The van der Waals surface area contributed by atoms with Gasteiger partial charge in [0.2, 0.25) is 0 Å². The van der Waals surface area contributed by atoms with Crippen molar-refractivity contribution < 1.29 is 23.1 Å². The van der Waals surface area contributed by atoms with E-state index in [0.717, 1.165) is 0 Å². The Labute approximate surface area is 170 Å². The van der Waals surface area contributed by atoms with Crippen LogP contribution in [0.4, 0.5) is 0 Å². The number of esters is 1. The summed E-state index contributed by atoms with van der Waals surface area (Å²) < 4.78 is 32.9. The number of aliphatic hydroxyl groups excluding tert-OH is 1. The van der Waals surface area contributed by atoms with Gasteiger partial charge in [-0.25, -0.2) is 12.4 Å². The average Bonchev–Trinajstić information content (AvgIpc) is 3.12. The number of para-hydroxylation sites is 1. The molecule has 0 saturated carbocycles. The fourth-order valence-electron chi connectivity index (χ4n) is 2.99. The summed E-state index contributed by atoms with van der Waals surface area (Å²) >= 11 is 0. The number of nitrogens with zero attached hydrogens (tertiary/aromatic N) is 1. The molecule has 0 aliphatic heterocycles. The van der Waals surface area contributed by atoms with E-state index in [1.807, 2.05) is 0 Å². The van der Waals surface area contributed by atoms with Crippen molar-refractivity contribution in [2.24, 2.45) is 5.41 Å². The fourth-order valence-corrected chi connectivity index (χ4v) is 4.39. The number of fused-ring (bicyclic) bond motifs is 1. The van der Waals surface area contributed by atoms with Gasteiger partial charge in [-0.3, -0.25) is 4.79 Å². The van der Waals surface area contributed by atoms with Gasteiger partial charge in [0.15, 0.2) is 0 Å². The molecule has 0 unspecified atom stereocenters. The number of hydrogen-bond donors (Lipinski definition) is 1. The predicted octanol–water partition coefficient (Wildman–Crippen LogP) is 3.54. The van der Waals surface area contributed by atoms with Gasteiger partial charge >= 0.3 is 5.97 Å². The molecule has 1 N–H and O–H groups in total. The Hall–Kier alpha value is -2.64. The van der Waals surface area contributed by atoms with Crippen molar-refractivity contribution in [3.63, 3.8) is 0 Å². The third-order valence-electron chi connectivity index (χ3n) is 4.86. The second kappa shape index (κ2) is 8.00. The van der Waals surface area contributed by atoms with Gasteiger partial charge in [0.05, 0.1) is 29.5 Å². The van der Waals surface area contributed by atoms with Gasteiger partial charge in [0.1, 0.15) is 0 Å². The Morgan fingerprint density at radius 2 is 1.72 bits per heavy atom. The highest BCUT2D eigenvalue weighted by Gasteiger charge is 2.27. The first kappa shape index (κ1) is 21.1. The van der Waals surface area contributed by atoms with Crippen LogP contribution >= 0.6 is 0 Å². The van der Waals surface area contributed by atoms with Crippen LogP contribution in [-0.4, -0.2) is 36.7 Å². The lowest BCUT2D eigenvalue weighted by molar-refractivity contribution is -0.148. The topological polar surface area (TPSA) is 85.6 Å². The molecule has 0 bridgehead atoms. The molecule has 0 amide bonds. The van der Waals surface area contributed by atoms with Gasteiger partial charge in [0, 0.05) is 17.0 Å². The zero-order valence-electron chi connectivity index (χ0n) is 16.7. The number of carbonyl (C=O) groups excluding carboxylic acids is 1. The molecule has 0 aliphatic carbocycles. The van der Waals surface area contributed by atoms with Crippen molar-refractivity contribution in [1.29, 1.82) is 0 Å². The van der Waals surface area contributed by atoms with Crippen LogP contribution < -0.4 is 0 Å². The molecular formula is C22H25NO5S. The third kappa shape index (κ3) is 4.21. The van der Waals surface area contributed by atoms with Crippen molar-refractivity contribution in [2.45, 2.75) is 31.6 Å². The normalized spacial score (nSPS) is 13.4. The van der Waals surface area contributed by atoms with E-state index in [2.05, 4.69) is 0 Å². The molecule has 3 rings (SSSR count). The van der Waals surface area contributed by atoms with Crippen molar-refractivity contribution in [2.75, 3.05) is 13.2 Å². The van der Waals surface area contributed by atoms with Crippen LogP contribution in [0.3, 0.4) is 0 Å². The first-order valence-corrected chi connectivity index (χ1v) is 10.8. The zero-order valence-corrected chi connectivity index (χ0v) is 17.5. The van der Waals surface area contributed by atoms with E-state index in [9.17, 15) is 18.3 Å². The summed E-state index contributed by atoms with van der Waals surface area (Å²) in [4.78, 5) is 12.8. The molecule has 1 aromatic heterocycles. The molecule has 0 spiro atoms. The van der Waals surface area contributed by atoms with Crippen LogP contribution in [0.25, 0.3) is 10.9 Å². The molecule has 7 heteroatoms. The molecule has 2 aromatic carbocycles. The van der Waals surface area contributed by atoms with Gasteiger partial charge < -0.3 is 9.84 Å². The van der Waals surface area contributed by atoms with Crippen LogP contribution in [0.2, 0.25) is 0 Å². The third-order valence-corrected chi connectivity index (χ3v) is 6.55. The molecule has 1 atom stereocenters. The predicted molar refractivity (Wildman–Crippen MR) is 111 cm³/mol. The highest BCUT2D eigenvalue weighted by atomic mass is 32.2. The molecule has 1 heterocycles. The second-order valence-corrected chi connectivity index (χ2v) is 9.68. The zero-order chi connectivity index (χ0) is 21.2. The number of benzene rings is 2. The summed E-state index contributed by atoms with van der Waals surface area (Å²) in [5.74, 6) is -1.13. The number of hydrogen-bond acceptors (Lipinski definition) is 5. The molecule has 154 valence electrons. The quantitative estimate of drug-likeness (QED) is 0.597. The van der Waals surface area contributed by atoms with E-state index in [0.29, 0.717) is 16.5 Å². The van der Waals surface area contributed by atoms with Crippen molar-refractivity contribution >= 4 is 26.9 Å². The maximum Gasteiger partial charge on any atom is 0.313 e. The van der Waals surface area contributed by atoms with E-state index in [4.69, 9.17) is 4.74 Å². The van der Waals surface area contributed by atoms with Gasteiger partial charge in [0.25, 0.3) is 10.0 Å². The summed E-state index contributed by atoms with van der Waals surface area (Å²) in [5, 5.41) is 10.0. The average molecular weight is 416 g/mol. The highest BCUT2D eigenvalue weighted by molar-refractivity contribution is 7.90. The molecule has 0 aliphatic rings. The lowest BCUT2D eigenvalue weighted by Gasteiger charge is -2.22. The largest absolute Gasteiger partial charge is 0.465 e. The molecular weight excluding hydrogens is 390 g/mol. The van der Waals surface area contributed by atoms with Crippen LogP contribution in [0.5, 0.6) is 0 Å². The molecule has 0 fully saturated rings. The number of aromatic nitrogens is 1. The maximum atomic E-state index is 13.2. The van der Waals surface area contributed by atoms with Crippen LogP contribution in [0.1, 0.15) is 32.3 Å². The van der Waals surface area contributed by atoms with E-state index in [1.165, 1.54) is 10.2 Å². The Kier molecular flexibility index (Phi) is 5.82. The minimum absolute atomic E-state index is 0.0770. The van der Waals surface area contributed by atoms with E-state index in [1.54, 1.807) is 75.4 Å². The summed E-state index contributed by atoms with van der Waals surface area (Å²) in [5.41, 5.74) is 0.536. The van der Waals surface area contributed by atoms with Gasteiger partial charge in [-0.05, 0) is 30.7 Å². The summed E-state index contributed by atoms with van der Waals surface area (Å²) in [6.07, 6.45) is 1.50. The van der Waals surface area contributed by atoms with Gasteiger partial charge in [-0.2, -0.15) is 0 Å². The Balaban J connectivity index is 2.02. The van der Waals surface area contributed by atoms with Crippen LogP contribution in [0, 0.1) is 5.41 Å². The molecule has 0 radical (unpaired) electrons. The van der Waals surface area contributed by atoms with Crippen molar-refractivity contribution in [3.05, 3.63) is 66.4 Å². The molecule has 6 nitrogen and oxygen atoms in total. The van der Waals surface area contributed by atoms with Gasteiger partial charge in [-0.15, -0.1) is 0 Å². The summed E-state index contributed by atoms with van der Waals surface area (Å²) in [7, 11) is -3.81. The number of carbonyl (C=O) groups is 1. The second-order valence-electron chi connectivity index (χ2n) is 7.87. The van der Waals surface area contributed by atoms with E-state index in [-0.39, 0.29) is 18.1 Å². The monoisotopic (exact) mass is 415 g/mol. The van der Waals surface area contributed by atoms with Crippen LogP contribution in [0.15, 0.2) is 65.7 Å². The minimum atomic E-state index is -3.81. The minimum Gasteiger partial charge on any atom is -0.465 e. The Morgan fingerprint density at radius 1 is 1.10 bits per heavy atom. The SMILES string of the molecule is C[C@H](C(=O)OCC(C)(C)CO)c1cn(S(=O)(=O)c2ccccc2)c2ccccc12. The first-order valence-electron chi connectivity index (χ1n) is 9.35. The van der Waals surface area contributed by atoms with E-state index < -0.39 is 27.3 Å². The summed E-state index contributed by atoms with van der Waals surface area (Å²) in [6, 6.07) is 15.2. The fraction of sp³-hybridized carbons (Fsp3) is 0.318. The summed E-state index contributed by atoms with van der Waals surface area (Å²) in [6.45, 7) is 5.25. The standard InChI is InChI=1S/C22H25NO5S/c1-16(21(25)28-15-22(2,3)14-24)19-13-23(20-12-8-7-11-18(19)20)29(26,27)17-9-5-4-6-10-17/h4-13,16,24H,14-15H2,1-3H3/t16-/m0/s1.